The van der Waals surface area contributed by atoms with Crippen LogP contribution in [-0.2, 0) is 9.53 Å². The minimum absolute atomic E-state index is 0.0119. The van der Waals surface area contributed by atoms with Crippen molar-refractivity contribution >= 4 is 5.97 Å². The van der Waals surface area contributed by atoms with Crippen LogP contribution in [0.2, 0.25) is 0 Å². The first-order valence-electron chi connectivity index (χ1n) is 6.40. The monoisotopic (exact) mass is 226 g/mol. The normalized spacial score (nSPS) is 34.7. The molecule has 0 aromatic carbocycles. The Hall–Kier alpha value is -0.610. The number of nitrogens with two attached hydrogens (primary N) is 1. The van der Waals surface area contributed by atoms with Crippen molar-refractivity contribution in [2.24, 2.45) is 11.7 Å². The van der Waals surface area contributed by atoms with Crippen molar-refractivity contribution in [1.82, 2.24) is 4.90 Å². The maximum Gasteiger partial charge on any atom is 0.323 e. The highest BCUT2D eigenvalue weighted by Gasteiger charge is 2.39. The second-order valence-electron chi connectivity index (χ2n) is 4.80. The summed E-state index contributed by atoms with van der Waals surface area (Å²) in [5.41, 5.74) is 5.81. The lowest BCUT2D eigenvalue weighted by Crippen LogP contribution is -2.48. The van der Waals surface area contributed by atoms with Gasteiger partial charge in [0.15, 0.2) is 0 Å². The Labute approximate surface area is 97.1 Å². The number of hydrogen-bond donors (Lipinski definition) is 1. The molecule has 2 fully saturated rings. The molecule has 1 aliphatic heterocycles. The van der Waals surface area contributed by atoms with Gasteiger partial charge in [0.05, 0.1) is 6.61 Å². The van der Waals surface area contributed by atoms with E-state index in [9.17, 15) is 4.79 Å². The molecule has 0 amide bonds. The van der Waals surface area contributed by atoms with E-state index in [0.29, 0.717) is 18.6 Å². The number of nitrogens with zero attached hydrogens (tertiary/aromatic N) is 1. The van der Waals surface area contributed by atoms with Crippen LogP contribution in [0.1, 0.15) is 32.6 Å². The van der Waals surface area contributed by atoms with Gasteiger partial charge in [0, 0.05) is 12.5 Å². The summed E-state index contributed by atoms with van der Waals surface area (Å²) in [7, 11) is 0. The Balaban J connectivity index is 2.06. The van der Waals surface area contributed by atoms with E-state index in [1.54, 1.807) is 0 Å². The van der Waals surface area contributed by atoms with Crippen LogP contribution in [0.5, 0.6) is 0 Å². The standard InChI is InChI=1S/C12H22N2O2/c1-2-14(11-6-7-16-12(11)15)10-5-3-4-9(10)8-13/h9-11H,2-8,13H2,1H3. The zero-order valence-electron chi connectivity index (χ0n) is 10.0. The number of carbonyl (C=O) groups is 1. The molecule has 0 aromatic rings. The predicted octanol–water partition coefficient (Wildman–Crippen LogP) is 0.751. The first-order chi connectivity index (χ1) is 7.77. The molecule has 0 bridgehead atoms. The predicted molar refractivity (Wildman–Crippen MR) is 61.9 cm³/mol. The molecule has 0 radical (unpaired) electrons. The zero-order valence-corrected chi connectivity index (χ0v) is 10.0. The maximum absolute atomic E-state index is 11.6. The topological polar surface area (TPSA) is 55.6 Å². The highest BCUT2D eigenvalue weighted by molar-refractivity contribution is 5.77. The van der Waals surface area contributed by atoms with Gasteiger partial charge in [-0.05, 0) is 31.8 Å². The second-order valence-corrected chi connectivity index (χ2v) is 4.80. The van der Waals surface area contributed by atoms with Crippen LogP contribution in [-0.4, -0.2) is 42.6 Å². The molecule has 4 heteroatoms. The van der Waals surface area contributed by atoms with Crippen LogP contribution in [0.4, 0.5) is 0 Å². The molecular weight excluding hydrogens is 204 g/mol. The third kappa shape index (κ3) is 2.09. The molecule has 16 heavy (non-hydrogen) atoms. The Morgan fingerprint density at radius 3 is 2.81 bits per heavy atom. The number of carbonyl (C=O) groups excluding carboxylic acids is 1. The van der Waals surface area contributed by atoms with E-state index in [2.05, 4.69) is 11.8 Å². The fraction of sp³-hybridized carbons (Fsp3) is 0.917. The molecule has 0 spiro atoms. The van der Waals surface area contributed by atoms with E-state index in [1.807, 2.05) is 0 Å². The third-order valence-corrected chi connectivity index (χ3v) is 4.02. The molecule has 2 N–H and O–H groups in total. The van der Waals surface area contributed by atoms with Gasteiger partial charge in [0.25, 0.3) is 0 Å². The van der Waals surface area contributed by atoms with E-state index in [4.69, 9.17) is 10.5 Å². The third-order valence-electron chi connectivity index (χ3n) is 4.02. The van der Waals surface area contributed by atoms with E-state index in [0.717, 1.165) is 19.5 Å². The largest absolute Gasteiger partial charge is 0.464 e. The van der Waals surface area contributed by atoms with E-state index in [-0.39, 0.29) is 12.0 Å². The van der Waals surface area contributed by atoms with Crippen LogP contribution in [0.3, 0.4) is 0 Å². The first-order valence-corrected chi connectivity index (χ1v) is 6.40. The number of rotatable bonds is 4. The van der Waals surface area contributed by atoms with Crippen LogP contribution in [0, 0.1) is 5.92 Å². The Kier molecular flexibility index (Phi) is 3.82. The van der Waals surface area contributed by atoms with Crippen molar-refractivity contribution in [3.63, 3.8) is 0 Å². The quantitative estimate of drug-likeness (QED) is 0.719. The molecule has 1 aliphatic carbocycles. The number of esters is 1. The summed E-state index contributed by atoms with van der Waals surface area (Å²) in [4.78, 5) is 14.0. The van der Waals surface area contributed by atoms with Crippen LogP contribution < -0.4 is 5.73 Å². The zero-order chi connectivity index (χ0) is 11.5. The Bertz CT molecular complexity index is 257. The SMILES string of the molecule is CCN(C1CCOC1=O)C1CCCC1CN. The van der Waals surface area contributed by atoms with Gasteiger partial charge in [-0.15, -0.1) is 0 Å². The number of likely N-dealkylation sites (N-methyl/N-ethyl adjacent to an activating group) is 1. The summed E-state index contributed by atoms with van der Waals surface area (Å²) >= 11 is 0. The van der Waals surface area contributed by atoms with Gasteiger partial charge in [-0.3, -0.25) is 9.69 Å². The van der Waals surface area contributed by atoms with Crippen LogP contribution in [0.15, 0.2) is 0 Å². The molecule has 92 valence electrons. The fourth-order valence-electron chi connectivity index (χ4n) is 3.20. The first kappa shape index (κ1) is 11.9. The number of cyclic esters (lactones) is 1. The van der Waals surface area contributed by atoms with Crippen LogP contribution >= 0.6 is 0 Å². The Morgan fingerprint density at radius 1 is 1.44 bits per heavy atom. The number of ether oxygens (including phenoxy) is 1. The smallest absolute Gasteiger partial charge is 0.323 e. The lowest BCUT2D eigenvalue weighted by Gasteiger charge is -2.34. The molecule has 2 rings (SSSR count). The van der Waals surface area contributed by atoms with Crippen molar-refractivity contribution < 1.29 is 9.53 Å². The molecule has 0 aromatic heterocycles. The molecule has 3 unspecified atom stereocenters. The number of hydrogen-bond acceptors (Lipinski definition) is 4. The van der Waals surface area contributed by atoms with Crippen molar-refractivity contribution in [2.45, 2.75) is 44.7 Å². The second kappa shape index (κ2) is 5.15. The van der Waals surface area contributed by atoms with E-state index < -0.39 is 0 Å². The van der Waals surface area contributed by atoms with Gasteiger partial charge >= 0.3 is 5.97 Å². The molecule has 1 heterocycles. The summed E-state index contributed by atoms with van der Waals surface area (Å²) in [6, 6.07) is 0.479. The average Bonchev–Trinajstić information content (AvgIpc) is 2.90. The molecule has 1 saturated carbocycles. The lowest BCUT2D eigenvalue weighted by molar-refractivity contribution is -0.143. The highest BCUT2D eigenvalue weighted by Crippen LogP contribution is 2.32. The molecule has 4 nitrogen and oxygen atoms in total. The molecule has 2 aliphatic rings. The summed E-state index contributed by atoms with van der Waals surface area (Å²) in [5.74, 6) is 0.526. The van der Waals surface area contributed by atoms with Gasteiger partial charge < -0.3 is 10.5 Å². The van der Waals surface area contributed by atoms with Gasteiger partial charge in [0.1, 0.15) is 6.04 Å². The van der Waals surface area contributed by atoms with Gasteiger partial charge in [-0.25, -0.2) is 0 Å². The minimum Gasteiger partial charge on any atom is -0.464 e. The molecule has 3 atom stereocenters. The Morgan fingerprint density at radius 2 is 2.25 bits per heavy atom. The van der Waals surface area contributed by atoms with Crippen molar-refractivity contribution in [1.29, 1.82) is 0 Å². The van der Waals surface area contributed by atoms with Gasteiger partial charge in [-0.1, -0.05) is 13.3 Å². The summed E-state index contributed by atoms with van der Waals surface area (Å²) in [6.45, 7) is 4.36. The van der Waals surface area contributed by atoms with Gasteiger partial charge in [0.2, 0.25) is 0 Å². The van der Waals surface area contributed by atoms with Crippen molar-refractivity contribution in [2.75, 3.05) is 19.7 Å². The summed E-state index contributed by atoms with van der Waals surface area (Å²) < 4.78 is 5.06. The highest BCUT2D eigenvalue weighted by atomic mass is 16.5. The van der Waals surface area contributed by atoms with E-state index >= 15 is 0 Å². The average molecular weight is 226 g/mol. The van der Waals surface area contributed by atoms with E-state index in [1.165, 1.54) is 19.3 Å². The van der Waals surface area contributed by atoms with Crippen molar-refractivity contribution in [3.05, 3.63) is 0 Å². The lowest BCUT2D eigenvalue weighted by atomic mass is 10.00. The van der Waals surface area contributed by atoms with Gasteiger partial charge in [-0.2, -0.15) is 0 Å². The van der Waals surface area contributed by atoms with Crippen LogP contribution in [0.25, 0.3) is 0 Å². The molecule has 1 saturated heterocycles. The fourth-order valence-corrected chi connectivity index (χ4v) is 3.20. The minimum atomic E-state index is -0.0375. The van der Waals surface area contributed by atoms with Crippen molar-refractivity contribution in [3.8, 4) is 0 Å². The maximum atomic E-state index is 11.6. The molecular formula is C12H22N2O2. The summed E-state index contributed by atoms with van der Waals surface area (Å²) in [5, 5.41) is 0. The summed E-state index contributed by atoms with van der Waals surface area (Å²) in [6.07, 6.45) is 4.48.